The second-order valence-electron chi connectivity index (χ2n) is 8.50. The van der Waals surface area contributed by atoms with E-state index >= 15 is 0 Å². The summed E-state index contributed by atoms with van der Waals surface area (Å²) in [5.74, 6) is 0.471. The largest absolute Gasteiger partial charge is 0.353 e. The highest BCUT2D eigenvalue weighted by Gasteiger charge is 2.37. The summed E-state index contributed by atoms with van der Waals surface area (Å²) in [5, 5.41) is 11.7. The Labute approximate surface area is 149 Å². The molecule has 1 aromatic heterocycles. The maximum atomic E-state index is 12.4. The van der Waals surface area contributed by atoms with Gasteiger partial charge >= 0.3 is 0 Å². The molecule has 1 aliphatic heterocycles. The molecular weight excluding hydrogens is 318 g/mol. The maximum absolute atomic E-state index is 12.4. The van der Waals surface area contributed by atoms with Crippen molar-refractivity contribution in [3.05, 3.63) is 11.9 Å². The van der Waals surface area contributed by atoms with Crippen LogP contribution in [0, 0.1) is 11.8 Å². The molecule has 3 rings (SSSR count). The first-order chi connectivity index (χ1) is 11.7. The Morgan fingerprint density at radius 1 is 1.28 bits per heavy atom. The van der Waals surface area contributed by atoms with Crippen LogP contribution in [0.2, 0.25) is 0 Å². The molecular formula is C18H29N5O2. The highest BCUT2D eigenvalue weighted by Crippen LogP contribution is 2.28. The molecule has 1 aliphatic carbocycles. The van der Waals surface area contributed by atoms with Crippen molar-refractivity contribution in [3.63, 3.8) is 0 Å². The standard InChI is InChI=1S/C18H29N5O2/c1-12(24)22-8-14(9-22)17(25)19-15-7-5-6-13(15)10-23-11-16(20-21-23)18(2,3)4/h11,13-15H,5-10H2,1-4H3,(H,19,25)/t13-,15-/m1/s1. The number of amides is 2. The molecule has 0 bridgehead atoms. The van der Waals surface area contributed by atoms with E-state index in [4.69, 9.17) is 0 Å². The van der Waals surface area contributed by atoms with Crippen molar-refractivity contribution in [2.24, 2.45) is 11.8 Å². The van der Waals surface area contributed by atoms with Crippen LogP contribution in [0.15, 0.2) is 6.20 Å². The van der Waals surface area contributed by atoms with Crippen molar-refractivity contribution < 1.29 is 9.59 Å². The van der Waals surface area contributed by atoms with Crippen LogP contribution in [0.1, 0.15) is 52.7 Å². The molecule has 1 saturated carbocycles. The van der Waals surface area contributed by atoms with Crippen LogP contribution in [-0.4, -0.2) is 50.8 Å². The van der Waals surface area contributed by atoms with Gasteiger partial charge in [0.15, 0.2) is 0 Å². The molecule has 2 aliphatic rings. The quantitative estimate of drug-likeness (QED) is 0.891. The summed E-state index contributed by atoms with van der Waals surface area (Å²) in [6, 6.07) is 0.196. The number of hydrogen-bond acceptors (Lipinski definition) is 4. The smallest absolute Gasteiger partial charge is 0.226 e. The zero-order chi connectivity index (χ0) is 18.2. The molecule has 2 amide bonds. The van der Waals surface area contributed by atoms with Gasteiger partial charge in [-0.1, -0.05) is 32.4 Å². The van der Waals surface area contributed by atoms with E-state index in [-0.39, 0.29) is 29.2 Å². The summed E-state index contributed by atoms with van der Waals surface area (Å²) in [6.07, 6.45) is 5.26. The van der Waals surface area contributed by atoms with Gasteiger partial charge in [-0.2, -0.15) is 0 Å². The van der Waals surface area contributed by atoms with Crippen LogP contribution in [-0.2, 0) is 21.5 Å². The molecule has 1 N–H and O–H groups in total. The van der Waals surface area contributed by atoms with Gasteiger partial charge in [0.05, 0.1) is 11.6 Å². The topological polar surface area (TPSA) is 80.1 Å². The van der Waals surface area contributed by atoms with E-state index < -0.39 is 0 Å². The Balaban J connectivity index is 1.53. The van der Waals surface area contributed by atoms with E-state index in [0.29, 0.717) is 19.0 Å². The monoisotopic (exact) mass is 347 g/mol. The maximum Gasteiger partial charge on any atom is 0.226 e. The summed E-state index contributed by atoms with van der Waals surface area (Å²) in [5.41, 5.74) is 0.985. The molecule has 2 atom stereocenters. The average molecular weight is 347 g/mol. The van der Waals surface area contributed by atoms with Crippen molar-refractivity contribution in [2.75, 3.05) is 13.1 Å². The molecule has 138 valence electrons. The lowest BCUT2D eigenvalue weighted by Gasteiger charge is -2.38. The van der Waals surface area contributed by atoms with Gasteiger partial charge in [0, 0.05) is 44.2 Å². The number of carbonyl (C=O) groups excluding carboxylic acids is 2. The minimum atomic E-state index is -0.0518. The number of rotatable bonds is 4. The summed E-state index contributed by atoms with van der Waals surface area (Å²) in [6.45, 7) is 9.82. The molecule has 25 heavy (non-hydrogen) atoms. The van der Waals surface area contributed by atoms with E-state index in [2.05, 4.69) is 36.4 Å². The molecule has 0 radical (unpaired) electrons. The normalized spacial score (nSPS) is 24.2. The van der Waals surface area contributed by atoms with Gasteiger partial charge in [0.2, 0.25) is 11.8 Å². The van der Waals surface area contributed by atoms with E-state index in [9.17, 15) is 9.59 Å². The van der Waals surface area contributed by atoms with Crippen molar-refractivity contribution in [3.8, 4) is 0 Å². The predicted molar refractivity (Wildman–Crippen MR) is 93.7 cm³/mol. The van der Waals surface area contributed by atoms with Crippen molar-refractivity contribution in [1.82, 2.24) is 25.2 Å². The number of hydrogen-bond donors (Lipinski definition) is 1. The van der Waals surface area contributed by atoms with Crippen LogP contribution in [0.3, 0.4) is 0 Å². The molecule has 0 aromatic carbocycles. The Bertz CT molecular complexity index is 642. The third-order valence-corrected chi connectivity index (χ3v) is 5.41. The highest BCUT2D eigenvalue weighted by molar-refractivity contribution is 5.83. The van der Waals surface area contributed by atoms with Gasteiger partial charge in [0.25, 0.3) is 0 Å². The summed E-state index contributed by atoms with van der Waals surface area (Å²) < 4.78 is 1.91. The Morgan fingerprint density at radius 2 is 2.00 bits per heavy atom. The Kier molecular flexibility index (Phi) is 4.84. The van der Waals surface area contributed by atoms with Gasteiger partial charge in [-0.25, -0.2) is 0 Å². The van der Waals surface area contributed by atoms with E-state index in [0.717, 1.165) is 31.5 Å². The van der Waals surface area contributed by atoms with Gasteiger partial charge in [-0.05, 0) is 18.8 Å². The van der Waals surface area contributed by atoms with Gasteiger partial charge < -0.3 is 10.2 Å². The average Bonchev–Trinajstić information content (AvgIpc) is 3.07. The van der Waals surface area contributed by atoms with Gasteiger partial charge in [0.1, 0.15) is 0 Å². The summed E-state index contributed by atoms with van der Waals surface area (Å²) in [4.78, 5) is 25.4. The van der Waals surface area contributed by atoms with Crippen LogP contribution in [0.4, 0.5) is 0 Å². The Morgan fingerprint density at radius 3 is 2.60 bits per heavy atom. The number of aromatic nitrogens is 3. The van der Waals surface area contributed by atoms with Crippen molar-refractivity contribution in [1.29, 1.82) is 0 Å². The first-order valence-corrected chi connectivity index (χ1v) is 9.20. The Hall–Kier alpha value is -1.92. The zero-order valence-electron chi connectivity index (χ0n) is 15.7. The summed E-state index contributed by atoms with van der Waals surface area (Å²) >= 11 is 0. The fraction of sp³-hybridized carbons (Fsp3) is 0.778. The number of likely N-dealkylation sites (tertiary alicyclic amines) is 1. The first kappa shape index (κ1) is 17.9. The fourth-order valence-electron chi connectivity index (χ4n) is 3.62. The van der Waals surface area contributed by atoms with Gasteiger partial charge in [-0.3, -0.25) is 14.3 Å². The molecule has 1 saturated heterocycles. The predicted octanol–water partition coefficient (Wildman–Crippen LogP) is 1.34. The molecule has 2 heterocycles. The van der Waals surface area contributed by atoms with Crippen LogP contribution >= 0.6 is 0 Å². The van der Waals surface area contributed by atoms with Crippen molar-refractivity contribution in [2.45, 2.75) is 65.0 Å². The van der Waals surface area contributed by atoms with Crippen LogP contribution in [0.5, 0.6) is 0 Å². The molecule has 2 fully saturated rings. The highest BCUT2D eigenvalue weighted by atomic mass is 16.2. The number of carbonyl (C=O) groups is 2. The SMILES string of the molecule is CC(=O)N1CC(C(=O)N[C@@H]2CCC[C@@H]2Cn2cc(C(C)(C)C)nn2)C1. The molecule has 0 spiro atoms. The lowest BCUT2D eigenvalue weighted by atomic mass is 9.93. The fourth-order valence-corrected chi connectivity index (χ4v) is 3.62. The van der Waals surface area contributed by atoms with Gasteiger partial charge in [-0.15, -0.1) is 5.10 Å². The van der Waals surface area contributed by atoms with Crippen LogP contribution < -0.4 is 5.32 Å². The minimum absolute atomic E-state index is 0.00560. The van der Waals surface area contributed by atoms with E-state index in [1.807, 2.05) is 10.9 Å². The molecule has 1 aromatic rings. The second-order valence-corrected chi connectivity index (χ2v) is 8.50. The second kappa shape index (κ2) is 6.77. The van der Waals surface area contributed by atoms with Crippen molar-refractivity contribution >= 4 is 11.8 Å². The van der Waals surface area contributed by atoms with E-state index in [1.165, 1.54) is 0 Å². The van der Waals surface area contributed by atoms with Crippen LogP contribution in [0.25, 0.3) is 0 Å². The summed E-state index contributed by atoms with van der Waals surface area (Å²) in [7, 11) is 0. The zero-order valence-corrected chi connectivity index (χ0v) is 15.7. The lowest BCUT2D eigenvalue weighted by molar-refractivity contribution is -0.141. The molecule has 7 heteroatoms. The number of nitrogens with one attached hydrogen (secondary N) is 1. The first-order valence-electron chi connectivity index (χ1n) is 9.20. The third kappa shape index (κ3) is 4.02. The lowest BCUT2D eigenvalue weighted by Crippen LogP contribution is -2.56. The third-order valence-electron chi connectivity index (χ3n) is 5.41. The molecule has 7 nitrogen and oxygen atoms in total. The number of nitrogens with zero attached hydrogens (tertiary/aromatic N) is 4. The minimum Gasteiger partial charge on any atom is -0.353 e. The molecule has 0 unspecified atom stereocenters. The van der Waals surface area contributed by atoms with E-state index in [1.54, 1.807) is 11.8 Å².